The molecule has 0 N–H and O–H groups in total. The number of para-hydroxylation sites is 1. The number of fused-ring (bicyclic) bond motifs is 1. The standard InChI is InChI=1S/C17H15N3O2S/c21-16-15(23-17(19-16)20-5-7-22-8-6-20)10-12-9-13-3-1-2-4-14(13)18-11-12/h1-4,9-11H,5-8H2/b15-10-. The fraction of sp³-hybridized carbons (Fsp3) is 0.235. The van der Waals surface area contributed by atoms with E-state index < -0.39 is 0 Å². The molecule has 2 aliphatic rings. The Hall–Kier alpha value is -2.18. The molecule has 2 aromatic rings. The van der Waals surface area contributed by atoms with Gasteiger partial charge in [0.25, 0.3) is 5.91 Å². The van der Waals surface area contributed by atoms with Gasteiger partial charge < -0.3 is 9.64 Å². The molecule has 1 aromatic heterocycles. The van der Waals surface area contributed by atoms with E-state index in [4.69, 9.17) is 4.74 Å². The highest BCUT2D eigenvalue weighted by atomic mass is 32.2. The van der Waals surface area contributed by atoms with Crippen LogP contribution in [0.2, 0.25) is 0 Å². The molecule has 4 rings (SSSR count). The van der Waals surface area contributed by atoms with E-state index >= 15 is 0 Å². The molecule has 0 radical (unpaired) electrons. The zero-order valence-electron chi connectivity index (χ0n) is 12.4. The Labute approximate surface area is 138 Å². The quantitative estimate of drug-likeness (QED) is 0.754. The van der Waals surface area contributed by atoms with Gasteiger partial charge in [0.15, 0.2) is 5.17 Å². The van der Waals surface area contributed by atoms with Crippen LogP contribution in [0.25, 0.3) is 17.0 Å². The number of rotatable bonds is 1. The maximum atomic E-state index is 12.1. The van der Waals surface area contributed by atoms with E-state index in [1.165, 1.54) is 11.8 Å². The molecule has 1 saturated heterocycles. The number of carbonyl (C=O) groups excluding carboxylic acids is 1. The predicted octanol–water partition coefficient (Wildman–Crippen LogP) is 2.54. The number of aromatic nitrogens is 1. The molecular weight excluding hydrogens is 310 g/mol. The number of benzene rings is 1. The molecule has 0 spiro atoms. The Morgan fingerprint density at radius 3 is 2.91 bits per heavy atom. The Morgan fingerprint density at radius 2 is 2.04 bits per heavy atom. The van der Waals surface area contributed by atoms with Crippen molar-refractivity contribution in [3.05, 3.63) is 47.0 Å². The normalized spacial score (nSPS) is 20.3. The number of ether oxygens (including phenoxy) is 1. The van der Waals surface area contributed by atoms with Crippen molar-refractivity contribution in [1.29, 1.82) is 0 Å². The van der Waals surface area contributed by atoms with Crippen LogP contribution in [0.3, 0.4) is 0 Å². The van der Waals surface area contributed by atoms with Crippen LogP contribution >= 0.6 is 11.8 Å². The Bertz CT molecular complexity index is 825. The van der Waals surface area contributed by atoms with Crippen LogP contribution in [0.15, 0.2) is 46.4 Å². The zero-order chi connectivity index (χ0) is 15.6. The third-order valence-electron chi connectivity index (χ3n) is 3.80. The first kappa shape index (κ1) is 14.4. The Kier molecular flexibility index (Phi) is 3.85. The molecule has 2 aliphatic heterocycles. The number of morpholine rings is 1. The number of pyridine rings is 1. The van der Waals surface area contributed by atoms with Gasteiger partial charge >= 0.3 is 0 Å². The van der Waals surface area contributed by atoms with Gasteiger partial charge in [-0.1, -0.05) is 18.2 Å². The van der Waals surface area contributed by atoms with E-state index in [2.05, 4.69) is 14.9 Å². The fourth-order valence-electron chi connectivity index (χ4n) is 2.61. The smallest absolute Gasteiger partial charge is 0.286 e. The largest absolute Gasteiger partial charge is 0.378 e. The number of hydrogen-bond donors (Lipinski definition) is 0. The second-order valence-electron chi connectivity index (χ2n) is 5.37. The summed E-state index contributed by atoms with van der Waals surface area (Å²) in [4.78, 5) is 23.5. The van der Waals surface area contributed by atoms with Crippen molar-refractivity contribution in [3.8, 4) is 0 Å². The topological polar surface area (TPSA) is 54.8 Å². The summed E-state index contributed by atoms with van der Waals surface area (Å²) in [6, 6.07) is 9.98. The third-order valence-corrected chi connectivity index (χ3v) is 4.84. The lowest BCUT2D eigenvalue weighted by Crippen LogP contribution is -2.38. The van der Waals surface area contributed by atoms with Gasteiger partial charge in [-0.05, 0) is 35.5 Å². The minimum atomic E-state index is -0.176. The summed E-state index contributed by atoms with van der Waals surface area (Å²) in [6.45, 7) is 2.93. The summed E-state index contributed by atoms with van der Waals surface area (Å²) in [5.41, 5.74) is 1.86. The second-order valence-corrected chi connectivity index (χ2v) is 6.38. The molecule has 1 fully saturated rings. The lowest BCUT2D eigenvalue weighted by molar-refractivity contribution is -0.113. The van der Waals surface area contributed by atoms with E-state index in [-0.39, 0.29) is 5.91 Å². The van der Waals surface area contributed by atoms with Crippen molar-refractivity contribution in [2.45, 2.75) is 0 Å². The van der Waals surface area contributed by atoms with Crippen molar-refractivity contribution in [2.24, 2.45) is 4.99 Å². The van der Waals surface area contributed by atoms with Crippen molar-refractivity contribution in [2.75, 3.05) is 26.3 Å². The summed E-state index contributed by atoms with van der Waals surface area (Å²) < 4.78 is 5.34. The zero-order valence-corrected chi connectivity index (χ0v) is 13.3. The number of hydrogen-bond acceptors (Lipinski definition) is 5. The van der Waals surface area contributed by atoms with Crippen LogP contribution in [0.1, 0.15) is 5.56 Å². The first-order chi connectivity index (χ1) is 11.3. The van der Waals surface area contributed by atoms with Crippen molar-refractivity contribution < 1.29 is 9.53 Å². The summed E-state index contributed by atoms with van der Waals surface area (Å²) in [5, 5.41) is 1.84. The summed E-state index contributed by atoms with van der Waals surface area (Å²) >= 11 is 1.43. The van der Waals surface area contributed by atoms with Gasteiger partial charge in [-0.15, -0.1) is 0 Å². The van der Waals surface area contributed by atoms with Crippen molar-refractivity contribution in [1.82, 2.24) is 9.88 Å². The molecule has 0 bridgehead atoms. The highest BCUT2D eigenvalue weighted by Gasteiger charge is 2.27. The van der Waals surface area contributed by atoms with Crippen LogP contribution < -0.4 is 0 Å². The number of nitrogens with zero attached hydrogens (tertiary/aromatic N) is 3. The number of amidine groups is 1. The SMILES string of the molecule is O=C1N=C(N2CCOCC2)S/C1=C\c1cnc2ccccc2c1. The molecule has 1 aromatic carbocycles. The van der Waals surface area contributed by atoms with Gasteiger partial charge in [0.1, 0.15) is 0 Å². The van der Waals surface area contributed by atoms with Gasteiger partial charge in [0.2, 0.25) is 0 Å². The fourth-order valence-corrected chi connectivity index (χ4v) is 3.57. The number of carbonyl (C=O) groups is 1. The number of aliphatic imine (C=N–C) groups is 1. The van der Waals surface area contributed by atoms with Crippen LogP contribution in [0.4, 0.5) is 0 Å². The number of amides is 1. The molecular formula is C17H15N3O2S. The Balaban J connectivity index is 1.57. The molecule has 1 amide bonds. The van der Waals surface area contributed by atoms with Gasteiger partial charge in [0.05, 0.1) is 23.6 Å². The number of thioether (sulfide) groups is 1. The average Bonchev–Trinajstić information content (AvgIpc) is 2.96. The van der Waals surface area contributed by atoms with Gasteiger partial charge in [-0.3, -0.25) is 9.78 Å². The highest BCUT2D eigenvalue weighted by molar-refractivity contribution is 8.18. The molecule has 0 atom stereocenters. The first-order valence-corrected chi connectivity index (χ1v) is 8.31. The third kappa shape index (κ3) is 3.00. The van der Waals surface area contributed by atoms with Crippen LogP contribution in [-0.4, -0.2) is 47.3 Å². The molecule has 3 heterocycles. The summed E-state index contributed by atoms with van der Waals surface area (Å²) in [5.74, 6) is -0.176. The molecule has 0 aliphatic carbocycles. The average molecular weight is 325 g/mol. The molecule has 23 heavy (non-hydrogen) atoms. The van der Waals surface area contributed by atoms with Gasteiger partial charge in [0, 0.05) is 24.7 Å². The van der Waals surface area contributed by atoms with E-state index in [9.17, 15) is 4.79 Å². The first-order valence-electron chi connectivity index (χ1n) is 7.50. The molecule has 6 heteroatoms. The minimum Gasteiger partial charge on any atom is -0.378 e. The van der Waals surface area contributed by atoms with E-state index in [0.29, 0.717) is 18.1 Å². The molecule has 0 unspecified atom stereocenters. The van der Waals surface area contributed by atoms with Crippen molar-refractivity contribution >= 4 is 39.8 Å². The van der Waals surface area contributed by atoms with E-state index in [1.54, 1.807) is 6.20 Å². The maximum Gasteiger partial charge on any atom is 0.286 e. The van der Waals surface area contributed by atoms with Gasteiger partial charge in [-0.25, -0.2) is 0 Å². The van der Waals surface area contributed by atoms with Crippen molar-refractivity contribution in [3.63, 3.8) is 0 Å². The summed E-state index contributed by atoms with van der Waals surface area (Å²) in [7, 11) is 0. The minimum absolute atomic E-state index is 0.176. The van der Waals surface area contributed by atoms with Crippen LogP contribution in [0, 0.1) is 0 Å². The molecule has 0 saturated carbocycles. The molecule has 116 valence electrons. The Morgan fingerprint density at radius 1 is 1.22 bits per heavy atom. The lowest BCUT2D eigenvalue weighted by atomic mass is 10.1. The second kappa shape index (κ2) is 6.14. The maximum absolute atomic E-state index is 12.1. The lowest BCUT2D eigenvalue weighted by Gasteiger charge is -2.27. The van der Waals surface area contributed by atoms with Crippen LogP contribution in [-0.2, 0) is 9.53 Å². The predicted molar refractivity (Wildman–Crippen MR) is 92.1 cm³/mol. The van der Waals surface area contributed by atoms with Gasteiger partial charge in [-0.2, -0.15) is 4.99 Å². The van der Waals surface area contributed by atoms with Crippen LogP contribution in [0.5, 0.6) is 0 Å². The van der Waals surface area contributed by atoms with E-state index in [1.807, 2.05) is 36.4 Å². The molecule has 5 nitrogen and oxygen atoms in total. The highest BCUT2D eigenvalue weighted by Crippen LogP contribution is 2.30. The summed E-state index contributed by atoms with van der Waals surface area (Å²) in [6.07, 6.45) is 3.65. The monoisotopic (exact) mass is 325 g/mol. The van der Waals surface area contributed by atoms with E-state index in [0.717, 1.165) is 34.7 Å².